The summed E-state index contributed by atoms with van der Waals surface area (Å²) in [7, 11) is 2.01. The van der Waals surface area contributed by atoms with E-state index in [0.717, 1.165) is 12.2 Å². The lowest BCUT2D eigenvalue weighted by Gasteiger charge is -2.21. The van der Waals surface area contributed by atoms with Crippen molar-refractivity contribution in [2.24, 2.45) is 7.05 Å². The second-order valence-electron chi connectivity index (χ2n) is 3.83. The van der Waals surface area contributed by atoms with Crippen LogP contribution in [0.5, 0.6) is 0 Å². The molecule has 0 aliphatic carbocycles. The average molecular weight is 211 g/mol. The molecule has 1 fully saturated rings. The first-order valence-electron chi connectivity index (χ1n) is 5.12. The normalized spacial score (nSPS) is 22.5. The van der Waals surface area contributed by atoms with Crippen LogP contribution in [-0.2, 0) is 13.6 Å². The first kappa shape index (κ1) is 10.1. The largest absolute Gasteiger partial charge is 0.340 e. The van der Waals surface area contributed by atoms with E-state index in [4.69, 9.17) is 0 Å². The molecule has 14 heavy (non-hydrogen) atoms. The van der Waals surface area contributed by atoms with Gasteiger partial charge in [0.1, 0.15) is 0 Å². The maximum Gasteiger partial charge on any atom is 0.0947 e. The Morgan fingerprint density at radius 3 is 3.29 bits per heavy atom. The Hall–Kier alpha value is -0.480. The minimum Gasteiger partial charge on any atom is -0.340 e. The molecular formula is C10H17N3S. The van der Waals surface area contributed by atoms with E-state index in [9.17, 15) is 0 Å². The number of hydrogen-bond donors (Lipinski definition) is 1. The first-order valence-corrected chi connectivity index (χ1v) is 6.28. The number of aryl methyl sites for hydroxylation is 1. The quantitative estimate of drug-likeness (QED) is 0.820. The SMILES string of the molecule is Cn1cnc(CNC2CCCSC2)c1. The Bertz CT molecular complexity index is 279. The van der Waals surface area contributed by atoms with Gasteiger partial charge in [0.15, 0.2) is 0 Å². The van der Waals surface area contributed by atoms with Gasteiger partial charge in [-0.2, -0.15) is 11.8 Å². The fourth-order valence-corrected chi connectivity index (χ4v) is 2.82. The lowest BCUT2D eigenvalue weighted by Crippen LogP contribution is -2.33. The van der Waals surface area contributed by atoms with Crippen LogP contribution in [0.25, 0.3) is 0 Å². The van der Waals surface area contributed by atoms with Crippen molar-refractivity contribution in [1.29, 1.82) is 0 Å². The van der Waals surface area contributed by atoms with Crippen LogP contribution >= 0.6 is 11.8 Å². The van der Waals surface area contributed by atoms with Gasteiger partial charge in [0.25, 0.3) is 0 Å². The zero-order chi connectivity index (χ0) is 9.80. The number of imidazole rings is 1. The Balaban J connectivity index is 1.76. The first-order chi connectivity index (χ1) is 6.84. The van der Waals surface area contributed by atoms with E-state index in [0.29, 0.717) is 6.04 Å². The summed E-state index contributed by atoms with van der Waals surface area (Å²) in [6.07, 6.45) is 6.60. The van der Waals surface area contributed by atoms with E-state index in [1.54, 1.807) is 0 Å². The topological polar surface area (TPSA) is 29.9 Å². The van der Waals surface area contributed by atoms with E-state index in [2.05, 4.69) is 28.3 Å². The summed E-state index contributed by atoms with van der Waals surface area (Å²) in [4.78, 5) is 4.29. The molecule has 78 valence electrons. The average Bonchev–Trinajstić information content (AvgIpc) is 2.63. The highest BCUT2D eigenvalue weighted by Crippen LogP contribution is 2.17. The fourth-order valence-electron chi connectivity index (χ4n) is 1.71. The van der Waals surface area contributed by atoms with Gasteiger partial charge in [0.05, 0.1) is 12.0 Å². The van der Waals surface area contributed by atoms with Crippen molar-refractivity contribution in [3.63, 3.8) is 0 Å². The van der Waals surface area contributed by atoms with E-state index in [-0.39, 0.29) is 0 Å². The van der Waals surface area contributed by atoms with Crippen LogP contribution in [0.2, 0.25) is 0 Å². The van der Waals surface area contributed by atoms with Crippen molar-refractivity contribution in [2.75, 3.05) is 11.5 Å². The van der Waals surface area contributed by atoms with Gasteiger partial charge >= 0.3 is 0 Å². The Morgan fingerprint density at radius 2 is 2.64 bits per heavy atom. The van der Waals surface area contributed by atoms with Crippen LogP contribution in [0.1, 0.15) is 18.5 Å². The van der Waals surface area contributed by atoms with Gasteiger partial charge in [0, 0.05) is 31.6 Å². The summed E-state index contributed by atoms with van der Waals surface area (Å²) in [6.45, 7) is 0.909. The Labute approximate surface area is 89.3 Å². The third kappa shape index (κ3) is 2.75. The molecule has 0 amide bonds. The van der Waals surface area contributed by atoms with E-state index in [1.165, 1.54) is 24.3 Å². The Kier molecular flexibility index (Phi) is 3.48. The number of rotatable bonds is 3. The van der Waals surface area contributed by atoms with Crippen LogP contribution in [0.4, 0.5) is 0 Å². The molecule has 0 aromatic carbocycles. The molecule has 1 aliphatic heterocycles. The van der Waals surface area contributed by atoms with E-state index in [1.807, 2.05) is 17.9 Å². The van der Waals surface area contributed by atoms with E-state index >= 15 is 0 Å². The minimum atomic E-state index is 0.691. The molecular weight excluding hydrogens is 194 g/mol. The van der Waals surface area contributed by atoms with Gasteiger partial charge in [-0.05, 0) is 18.6 Å². The molecule has 1 unspecified atom stereocenters. The molecule has 4 heteroatoms. The lowest BCUT2D eigenvalue weighted by atomic mass is 10.2. The second-order valence-corrected chi connectivity index (χ2v) is 4.98. The van der Waals surface area contributed by atoms with Crippen molar-refractivity contribution >= 4 is 11.8 Å². The van der Waals surface area contributed by atoms with Crippen LogP contribution < -0.4 is 5.32 Å². The number of thioether (sulfide) groups is 1. The molecule has 1 aliphatic rings. The third-order valence-electron chi connectivity index (χ3n) is 2.49. The maximum atomic E-state index is 4.29. The highest BCUT2D eigenvalue weighted by atomic mass is 32.2. The predicted octanol–water partition coefficient (Wildman–Crippen LogP) is 1.41. The van der Waals surface area contributed by atoms with Gasteiger partial charge in [-0.3, -0.25) is 0 Å². The van der Waals surface area contributed by atoms with Gasteiger partial charge < -0.3 is 9.88 Å². The van der Waals surface area contributed by atoms with Crippen molar-refractivity contribution in [2.45, 2.75) is 25.4 Å². The maximum absolute atomic E-state index is 4.29. The van der Waals surface area contributed by atoms with Crippen LogP contribution in [0.3, 0.4) is 0 Å². The van der Waals surface area contributed by atoms with Gasteiger partial charge in [-0.25, -0.2) is 4.98 Å². The molecule has 1 saturated heterocycles. The number of hydrogen-bond acceptors (Lipinski definition) is 3. The lowest BCUT2D eigenvalue weighted by molar-refractivity contribution is 0.504. The highest BCUT2D eigenvalue weighted by molar-refractivity contribution is 7.99. The van der Waals surface area contributed by atoms with Crippen LogP contribution in [0.15, 0.2) is 12.5 Å². The minimum absolute atomic E-state index is 0.691. The van der Waals surface area contributed by atoms with E-state index < -0.39 is 0 Å². The van der Waals surface area contributed by atoms with Gasteiger partial charge in [0.2, 0.25) is 0 Å². The summed E-state index contributed by atoms with van der Waals surface area (Å²) in [5, 5.41) is 3.55. The molecule has 1 aromatic heterocycles. The molecule has 0 bridgehead atoms. The predicted molar refractivity (Wildman–Crippen MR) is 60.4 cm³/mol. The molecule has 3 nitrogen and oxygen atoms in total. The number of nitrogens with one attached hydrogen (secondary N) is 1. The standard InChI is InChI=1S/C10H17N3S/c1-13-6-10(12-8-13)5-11-9-3-2-4-14-7-9/h6,8-9,11H,2-5,7H2,1H3. The molecule has 2 rings (SSSR count). The van der Waals surface area contributed by atoms with Crippen molar-refractivity contribution in [3.8, 4) is 0 Å². The molecule has 0 spiro atoms. The third-order valence-corrected chi connectivity index (χ3v) is 3.71. The molecule has 0 saturated carbocycles. The molecule has 1 aromatic rings. The summed E-state index contributed by atoms with van der Waals surface area (Å²) in [5.74, 6) is 2.59. The zero-order valence-electron chi connectivity index (χ0n) is 8.57. The fraction of sp³-hybridized carbons (Fsp3) is 0.700. The summed E-state index contributed by atoms with van der Waals surface area (Å²) < 4.78 is 1.99. The van der Waals surface area contributed by atoms with Crippen LogP contribution in [-0.4, -0.2) is 27.1 Å². The summed E-state index contributed by atoms with van der Waals surface area (Å²) >= 11 is 2.06. The Morgan fingerprint density at radius 1 is 1.71 bits per heavy atom. The van der Waals surface area contributed by atoms with Crippen molar-refractivity contribution < 1.29 is 0 Å². The molecule has 0 radical (unpaired) electrons. The summed E-state index contributed by atoms with van der Waals surface area (Å²) in [5.41, 5.74) is 1.14. The molecule has 2 heterocycles. The van der Waals surface area contributed by atoms with Gasteiger partial charge in [-0.15, -0.1) is 0 Å². The van der Waals surface area contributed by atoms with Gasteiger partial charge in [-0.1, -0.05) is 0 Å². The van der Waals surface area contributed by atoms with Crippen molar-refractivity contribution in [3.05, 3.63) is 18.2 Å². The van der Waals surface area contributed by atoms with Crippen molar-refractivity contribution in [1.82, 2.24) is 14.9 Å². The monoisotopic (exact) mass is 211 g/mol. The number of aromatic nitrogens is 2. The molecule has 1 N–H and O–H groups in total. The highest BCUT2D eigenvalue weighted by Gasteiger charge is 2.12. The number of nitrogens with zero attached hydrogens (tertiary/aromatic N) is 2. The summed E-state index contributed by atoms with van der Waals surface area (Å²) in [6, 6.07) is 0.691. The zero-order valence-corrected chi connectivity index (χ0v) is 9.39. The molecule has 1 atom stereocenters. The van der Waals surface area contributed by atoms with Crippen LogP contribution in [0, 0.1) is 0 Å². The second kappa shape index (κ2) is 4.84. The smallest absolute Gasteiger partial charge is 0.0947 e.